The highest BCUT2D eigenvalue weighted by molar-refractivity contribution is 7.89. The van der Waals surface area contributed by atoms with Crippen LogP contribution in [-0.2, 0) is 41.4 Å². The maximum Gasteiger partial charge on any atom is 0.321 e. The van der Waals surface area contributed by atoms with Crippen molar-refractivity contribution in [2.75, 3.05) is 26.2 Å². The lowest BCUT2D eigenvalue weighted by atomic mass is 9.95. The molecule has 0 spiro atoms. The first-order valence-corrected chi connectivity index (χ1v) is 19.5. The van der Waals surface area contributed by atoms with E-state index in [1.807, 2.05) is 81.8 Å². The Morgan fingerprint density at radius 2 is 1.72 bits per heavy atom. The molecule has 14 nitrogen and oxygen atoms in total. The lowest BCUT2D eigenvalue weighted by molar-refractivity contribution is -0.128. The van der Waals surface area contributed by atoms with E-state index in [2.05, 4.69) is 20.5 Å². The quantitative estimate of drug-likeness (QED) is 0.142. The summed E-state index contributed by atoms with van der Waals surface area (Å²) in [7, 11) is -2.21. The topological polar surface area (TPSA) is 170 Å². The van der Waals surface area contributed by atoms with Crippen molar-refractivity contribution in [1.82, 2.24) is 34.0 Å². The average molecular weight is 747 g/mol. The number of imidazole rings is 1. The van der Waals surface area contributed by atoms with Gasteiger partial charge in [0.1, 0.15) is 23.9 Å². The van der Waals surface area contributed by atoms with Crippen LogP contribution in [0.5, 0.6) is 0 Å². The van der Waals surface area contributed by atoms with Gasteiger partial charge in [-0.1, -0.05) is 81.8 Å². The highest BCUT2D eigenvalue weighted by Gasteiger charge is 2.41. The minimum atomic E-state index is -4.07. The first-order valence-electron chi connectivity index (χ1n) is 18.1. The van der Waals surface area contributed by atoms with Crippen LogP contribution in [0.1, 0.15) is 51.1 Å². The number of nitroso groups, excluding NO2 is 1. The van der Waals surface area contributed by atoms with E-state index in [4.69, 9.17) is 0 Å². The third kappa shape index (κ3) is 9.26. The number of carbonyl (C=O) groups excluding carboxylic acids is 2. The molecule has 4 atom stereocenters. The van der Waals surface area contributed by atoms with Crippen LogP contribution in [0.2, 0.25) is 0 Å². The number of benzene rings is 2. The second-order valence-electron chi connectivity index (χ2n) is 14.2. The van der Waals surface area contributed by atoms with Crippen LogP contribution < -0.4 is 5.32 Å². The van der Waals surface area contributed by atoms with Gasteiger partial charge in [-0.25, -0.2) is 23.2 Å². The number of urea groups is 1. The number of aryl methyl sites for hydroxylation is 1. The van der Waals surface area contributed by atoms with E-state index in [1.165, 1.54) is 16.4 Å². The standard InChI is InChI=1S/C38H50N8O6S/c1-6-27(4)35(46-20-19-44(38(46)49)25-34-41-31-13-10-18-39-36(31)43(34)5)37(48)42-32(21-28-11-8-7-9-12-28)33(47)24-45(23-26(2)3)53(51,52)30-16-14-29(15-17-30)22-40-50/h7-18,26-27,32-33,35,47H,6,19-25H2,1-5H3,(H,42,48)/t27-,32-,33+,35-/m0/s1. The van der Waals surface area contributed by atoms with Gasteiger partial charge < -0.3 is 24.8 Å². The van der Waals surface area contributed by atoms with Crippen molar-refractivity contribution in [3.63, 3.8) is 0 Å². The van der Waals surface area contributed by atoms with Gasteiger partial charge in [0, 0.05) is 39.4 Å². The Hall–Kier alpha value is -4.73. The minimum absolute atomic E-state index is 0.0208. The van der Waals surface area contributed by atoms with Gasteiger partial charge in [-0.3, -0.25) is 4.79 Å². The second kappa shape index (κ2) is 17.4. The molecule has 1 fully saturated rings. The molecule has 2 N–H and O–H groups in total. The van der Waals surface area contributed by atoms with Gasteiger partial charge in [0.25, 0.3) is 0 Å². The molecule has 1 aliphatic heterocycles. The Balaban J connectivity index is 1.38. The van der Waals surface area contributed by atoms with Gasteiger partial charge in [0.15, 0.2) is 5.65 Å². The van der Waals surface area contributed by atoms with Crippen LogP contribution in [0, 0.1) is 16.7 Å². The minimum Gasteiger partial charge on any atom is -0.390 e. The molecule has 1 aliphatic rings. The highest BCUT2D eigenvalue weighted by atomic mass is 32.2. The zero-order valence-electron chi connectivity index (χ0n) is 31.0. The average Bonchev–Trinajstić information content (AvgIpc) is 3.66. The fourth-order valence-electron chi connectivity index (χ4n) is 6.74. The Morgan fingerprint density at radius 1 is 1.00 bits per heavy atom. The number of amides is 3. The molecular weight excluding hydrogens is 697 g/mol. The van der Waals surface area contributed by atoms with Crippen molar-refractivity contribution in [2.45, 2.75) is 76.7 Å². The molecule has 284 valence electrons. The smallest absolute Gasteiger partial charge is 0.321 e. The predicted molar refractivity (Wildman–Crippen MR) is 202 cm³/mol. The van der Waals surface area contributed by atoms with E-state index in [1.54, 1.807) is 28.1 Å². The molecule has 0 bridgehead atoms. The second-order valence-corrected chi connectivity index (χ2v) is 16.1. The van der Waals surface area contributed by atoms with E-state index in [0.29, 0.717) is 30.9 Å². The van der Waals surface area contributed by atoms with Crippen LogP contribution in [0.15, 0.2) is 83.0 Å². The Kier molecular flexibility index (Phi) is 13.0. The van der Waals surface area contributed by atoms with Crippen molar-refractivity contribution < 1.29 is 23.1 Å². The molecule has 2 aromatic heterocycles. The van der Waals surface area contributed by atoms with Crippen LogP contribution in [0.3, 0.4) is 0 Å². The molecule has 4 aromatic rings. The molecule has 15 heteroatoms. The summed E-state index contributed by atoms with van der Waals surface area (Å²) in [4.78, 5) is 51.4. The van der Waals surface area contributed by atoms with Crippen molar-refractivity contribution in [3.05, 3.63) is 94.8 Å². The summed E-state index contributed by atoms with van der Waals surface area (Å²) in [6.45, 7) is 8.41. The first kappa shape index (κ1) is 39.5. The maximum absolute atomic E-state index is 14.4. The predicted octanol–water partition coefficient (Wildman–Crippen LogP) is 4.32. The number of rotatable bonds is 18. The third-order valence-electron chi connectivity index (χ3n) is 9.83. The number of nitrogens with one attached hydrogen (secondary N) is 1. The maximum atomic E-state index is 14.4. The number of fused-ring (bicyclic) bond motifs is 1. The monoisotopic (exact) mass is 746 g/mol. The Labute approximate surface area is 311 Å². The van der Waals surface area contributed by atoms with Crippen molar-refractivity contribution in [2.24, 2.45) is 24.1 Å². The highest BCUT2D eigenvalue weighted by Crippen LogP contribution is 2.25. The summed E-state index contributed by atoms with van der Waals surface area (Å²) in [5, 5.41) is 17.8. The molecule has 0 unspecified atom stereocenters. The first-order chi connectivity index (χ1) is 25.3. The zero-order valence-corrected chi connectivity index (χ0v) is 31.8. The van der Waals surface area contributed by atoms with Crippen molar-refractivity contribution in [1.29, 1.82) is 0 Å². The molecule has 0 radical (unpaired) electrons. The van der Waals surface area contributed by atoms with Crippen LogP contribution >= 0.6 is 0 Å². The van der Waals surface area contributed by atoms with Gasteiger partial charge in [-0.15, -0.1) is 0 Å². The number of hydrogen-bond acceptors (Lipinski definition) is 9. The fraction of sp³-hybridized carbons (Fsp3) is 0.474. The number of sulfonamides is 1. The summed E-state index contributed by atoms with van der Waals surface area (Å²) in [5.74, 6) is -0.0287. The molecule has 2 aromatic carbocycles. The van der Waals surface area contributed by atoms with Gasteiger partial charge in [0.05, 0.1) is 23.6 Å². The number of nitrogens with zero attached hydrogens (tertiary/aromatic N) is 7. The van der Waals surface area contributed by atoms with Crippen LogP contribution in [0.4, 0.5) is 4.79 Å². The van der Waals surface area contributed by atoms with Gasteiger partial charge in [-0.2, -0.15) is 9.21 Å². The number of hydrogen-bond donors (Lipinski definition) is 2. The molecular formula is C38H50N8O6S. The largest absolute Gasteiger partial charge is 0.390 e. The number of pyridine rings is 1. The van der Waals surface area contributed by atoms with Gasteiger partial charge in [-0.05, 0) is 53.6 Å². The van der Waals surface area contributed by atoms with Gasteiger partial charge >= 0.3 is 6.03 Å². The molecule has 1 saturated heterocycles. The summed E-state index contributed by atoms with van der Waals surface area (Å²) >= 11 is 0. The Bertz CT molecular complexity index is 1970. The number of carbonyl (C=O) groups is 2. The summed E-state index contributed by atoms with van der Waals surface area (Å²) in [6.07, 6.45) is 1.24. The lowest BCUT2D eigenvalue weighted by Gasteiger charge is -2.35. The van der Waals surface area contributed by atoms with Crippen LogP contribution in [-0.4, -0.2) is 98.5 Å². The van der Waals surface area contributed by atoms with Gasteiger partial charge in [0.2, 0.25) is 15.9 Å². The fourth-order valence-corrected chi connectivity index (χ4v) is 8.36. The van der Waals surface area contributed by atoms with E-state index in [0.717, 1.165) is 16.7 Å². The zero-order chi connectivity index (χ0) is 38.3. The molecule has 3 heterocycles. The summed E-state index contributed by atoms with van der Waals surface area (Å²) in [5.41, 5.74) is 2.88. The normalized spacial score (nSPS) is 16.0. The summed E-state index contributed by atoms with van der Waals surface area (Å²) < 4.78 is 31.0. The van der Waals surface area contributed by atoms with E-state index >= 15 is 0 Å². The number of aromatic nitrogens is 3. The third-order valence-corrected chi connectivity index (χ3v) is 11.7. The van der Waals surface area contributed by atoms with Crippen molar-refractivity contribution in [3.8, 4) is 0 Å². The van der Waals surface area contributed by atoms with Crippen molar-refractivity contribution >= 4 is 33.1 Å². The van der Waals surface area contributed by atoms with Crippen LogP contribution in [0.25, 0.3) is 11.2 Å². The van der Waals surface area contributed by atoms with E-state index < -0.39 is 34.1 Å². The molecule has 53 heavy (non-hydrogen) atoms. The van der Waals surface area contributed by atoms with E-state index in [-0.39, 0.29) is 55.4 Å². The SMILES string of the molecule is CC[C@H](C)[C@@H](C(=O)N[C@@H](Cc1ccccc1)[C@H](O)CN(CC(C)C)S(=O)(=O)c1ccc(CN=O)cc1)N1CCN(Cc2nc3cccnc3n2C)C1=O. The molecule has 0 saturated carbocycles. The number of aliphatic hydroxyl groups is 1. The molecule has 0 aliphatic carbocycles. The summed E-state index contributed by atoms with van der Waals surface area (Å²) in [6, 6.07) is 17.0. The molecule has 5 rings (SSSR count). The lowest BCUT2D eigenvalue weighted by Crippen LogP contribution is -2.57. The van der Waals surface area contributed by atoms with E-state index in [9.17, 15) is 28.0 Å². The molecule has 3 amide bonds. The Morgan fingerprint density at radius 3 is 2.36 bits per heavy atom. The number of aliphatic hydroxyl groups excluding tert-OH is 1.